The third kappa shape index (κ3) is 7.82. The van der Waals surface area contributed by atoms with E-state index in [1.807, 2.05) is 79.1 Å². The first-order valence-corrected chi connectivity index (χ1v) is 21.3. The topological polar surface area (TPSA) is 130 Å². The summed E-state index contributed by atoms with van der Waals surface area (Å²) in [4.78, 5) is 2.07. The predicted molar refractivity (Wildman–Crippen MR) is 214 cm³/mol. The molecule has 0 saturated heterocycles. The van der Waals surface area contributed by atoms with Crippen molar-refractivity contribution in [3.63, 3.8) is 0 Å². The van der Waals surface area contributed by atoms with Crippen LogP contribution in [0, 0.1) is 0 Å². The fourth-order valence-electron chi connectivity index (χ4n) is 8.20. The monoisotopic (exact) mass is 767 g/mol. The van der Waals surface area contributed by atoms with Gasteiger partial charge in [-0.1, -0.05) is 74.1 Å². The third-order valence-corrected chi connectivity index (χ3v) is 12.2. The Morgan fingerprint density at radius 1 is 0.907 bits per heavy atom. The van der Waals surface area contributed by atoms with Crippen molar-refractivity contribution in [3.8, 4) is 5.75 Å². The van der Waals surface area contributed by atoms with Crippen LogP contribution in [0.4, 0.5) is 11.4 Å². The summed E-state index contributed by atoms with van der Waals surface area (Å²) >= 11 is 0. The first-order valence-electron chi connectivity index (χ1n) is 18.3. The molecule has 9 nitrogen and oxygen atoms in total. The summed E-state index contributed by atoms with van der Waals surface area (Å²) < 4.78 is 79.0. The maximum atomic E-state index is 12.0. The Bertz CT molecular complexity index is 2390. The third-order valence-electron chi connectivity index (χ3n) is 10.5. The lowest BCUT2D eigenvalue weighted by atomic mass is 9.76. The molecule has 0 N–H and O–H groups in total. The molecule has 3 aromatic rings. The van der Waals surface area contributed by atoms with Crippen LogP contribution in [0.3, 0.4) is 0 Å². The van der Waals surface area contributed by atoms with Crippen molar-refractivity contribution >= 4 is 54.2 Å². The molecular formula is C43H47N2O7S2-. The number of nitrogens with zero attached hydrogens (tertiary/aromatic N) is 2. The van der Waals surface area contributed by atoms with E-state index in [9.17, 15) is 25.9 Å². The number of rotatable bonds is 12. The zero-order chi connectivity index (χ0) is 39.1. The first kappa shape index (κ1) is 39.2. The highest BCUT2D eigenvalue weighted by Gasteiger charge is 2.47. The molecule has 3 aliphatic heterocycles. The van der Waals surface area contributed by atoms with Crippen LogP contribution in [0.15, 0.2) is 108 Å². The summed E-state index contributed by atoms with van der Waals surface area (Å²) in [5.41, 5.74) is 7.77. The Morgan fingerprint density at radius 3 is 2.31 bits per heavy atom. The lowest BCUT2D eigenvalue weighted by molar-refractivity contribution is -0.437. The van der Waals surface area contributed by atoms with Crippen molar-refractivity contribution in [3.05, 3.63) is 125 Å². The zero-order valence-corrected chi connectivity index (χ0v) is 33.3. The molecule has 1 atom stereocenters. The van der Waals surface area contributed by atoms with Gasteiger partial charge in [-0.2, -0.15) is 4.58 Å². The molecule has 1 unspecified atom stereocenters. The lowest BCUT2D eigenvalue weighted by Crippen LogP contribution is -2.44. The van der Waals surface area contributed by atoms with Gasteiger partial charge in [0.1, 0.15) is 28.2 Å². The molecule has 0 bridgehead atoms. The van der Waals surface area contributed by atoms with Crippen LogP contribution in [-0.4, -0.2) is 60.6 Å². The summed E-state index contributed by atoms with van der Waals surface area (Å²) in [5, 5.41) is 0. The molecule has 0 aliphatic carbocycles. The highest BCUT2D eigenvalue weighted by atomic mass is 32.2. The van der Waals surface area contributed by atoms with Crippen LogP contribution in [0.2, 0.25) is 0 Å². The molecule has 3 heterocycles. The largest absolute Gasteiger partial charge is 0.748 e. The van der Waals surface area contributed by atoms with Crippen LogP contribution in [0.1, 0.15) is 83.1 Å². The summed E-state index contributed by atoms with van der Waals surface area (Å²) in [6, 6.07) is 18.7. The second-order valence-electron chi connectivity index (χ2n) is 14.8. The van der Waals surface area contributed by atoms with E-state index in [-0.39, 0.29) is 23.4 Å². The minimum Gasteiger partial charge on any atom is -0.748 e. The van der Waals surface area contributed by atoms with Crippen molar-refractivity contribution in [2.24, 2.45) is 0 Å². The minimum absolute atomic E-state index is 0.0812. The molecule has 54 heavy (non-hydrogen) atoms. The Hall–Kier alpha value is -4.55. The predicted octanol–water partition coefficient (Wildman–Crippen LogP) is 8.33. The molecule has 0 spiro atoms. The molecule has 6 rings (SSSR count). The number of ether oxygens (including phenoxy) is 1. The maximum absolute atomic E-state index is 12.0. The number of hydrogen-bond acceptors (Lipinski definition) is 8. The average Bonchev–Trinajstić information content (AvgIpc) is 3.32. The molecule has 0 saturated carbocycles. The molecular weight excluding hydrogens is 721 g/mol. The van der Waals surface area contributed by atoms with Gasteiger partial charge >= 0.3 is 0 Å². The molecule has 0 amide bonds. The quantitative estimate of drug-likeness (QED) is 0.102. The Kier molecular flexibility index (Phi) is 10.8. The Balaban J connectivity index is 1.41. The summed E-state index contributed by atoms with van der Waals surface area (Å²) in [6.07, 6.45) is 15.6. The fourth-order valence-corrected chi connectivity index (χ4v) is 9.18. The zero-order valence-electron chi connectivity index (χ0n) is 31.6. The summed E-state index contributed by atoms with van der Waals surface area (Å²) in [7, 11) is -9.14. The van der Waals surface area contributed by atoms with Crippen molar-refractivity contribution in [1.82, 2.24) is 0 Å². The van der Waals surface area contributed by atoms with E-state index in [0.29, 0.717) is 17.7 Å². The minimum atomic E-state index is -4.71. The Morgan fingerprint density at radius 2 is 1.65 bits per heavy atom. The van der Waals surface area contributed by atoms with Gasteiger partial charge in [-0.3, -0.25) is 0 Å². The van der Waals surface area contributed by atoms with E-state index < -0.39 is 31.4 Å². The number of hydrogen-bond donors (Lipinski definition) is 0. The van der Waals surface area contributed by atoms with E-state index in [1.165, 1.54) is 17.7 Å². The van der Waals surface area contributed by atoms with Crippen LogP contribution in [0.5, 0.6) is 5.75 Å². The number of likely N-dealkylation sites (N-methyl/N-ethyl adjacent to an activating group) is 1. The van der Waals surface area contributed by atoms with Crippen LogP contribution in [-0.2, 0) is 25.7 Å². The van der Waals surface area contributed by atoms with E-state index in [2.05, 4.69) is 56.9 Å². The van der Waals surface area contributed by atoms with Gasteiger partial charge in [0.15, 0.2) is 5.71 Å². The van der Waals surface area contributed by atoms with Gasteiger partial charge in [0.2, 0.25) is 5.69 Å². The van der Waals surface area contributed by atoms with Crippen LogP contribution < -0.4 is 9.64 Å². The van der Waals surface area contributed by atoms with E-state index in [0.717, 1.165) is 58.1 Å². The van der Waals surface area contributed by atoms with Gasteiger partial charge in [0.05, 0.1) is 26.0 Å². The van der Waals surface area contributed by atoms with Crippen molar-refractivity contribution in [1.29, 1.82) is 0 Å². The number of allylic oxidation sites excluding steroid dienone is 8. The van der Waals surface area contributed by atoms with Crippen LogP contribution in [0.25, 0.3) is 16.9 Å². The first-order chi connectivity index (χ1) is 25.5. The summed E-state index contributed by atoms with van der Waals surface area (Å²) in [5.74, 6) is 0.990. The standard InChI is InChI=1S/C43H48N2O7S2/c1-7-22-43(6)36-26-33(54(49,50)51)20-21-37(36)44(23-15-24-53(46,47)48)41(43)19-14-10-13-18-32-25-39(31-16-11-9-12-17-31)52-40-28-38-34(27-35(32)40)30(3)29-42(4,5)45(38)8-2/h9-14,16-21,25-29H,7-8,15,22-24H2,1-6H3,(H-,46,47,48,49,50,51)/p-1. The maximum Gasteiger partial charge on any atom is 0.209 e. The molecule has 0 radical (unpaired) electrons. The normalized spacial score (nSPS) is 20.2. The second kappa shape index (κ2) is 14.9. The second-order valence-corrected chi connectivity index (χ2v) is 17.7. The number of fused-ring (bicyclic) bond motifs is 3. The van der Waals surface area contributed by atoms with Crippen molar-refractivity contribution in [2.45, 2.75) is 76.7 Å². The molecule has 0 aromatic heterocycles. The molecule has 0 fully saturated rings. The van der Waals surface area contributed by atoms with Gasteiger partial charge in [-0.05, 0) is 76.5 Å². The van der Waals surface area contributed by atoms with E-state index in [1.54, 1.807) is 6.07 Å². The highest BCUT2D eigenvalue weighted by molar-refractivity contribution is 7.86. The fraction of sp³-hybridized carbons (Fsp3) is 0.326. The Labute approximate surface area is 319 Å². The van der Waals surface area contributed by atoms with Gasteiger partial charge in [-0.15, -0.1) is 0 Å². The molecule has 11 heteroatoms. The number of anilines is 1. The van der Waals surface area contributed by atoms with Gasteiger partial charge in [0.25, 0.3) is 0 Å². The van der Waals surface area contributed by atoms with Crippen LogP contribution >= 0.6 is 0 Å². The molecule has 3 aromatic carbocycles. The lowest BCUT2D eigenvalue weighted by Gasteiger charge is -2.43. The van der Waals surface area contributed by atoms with Crippen molar-refractivity contribution in [2.75, 3.05) is 23.7 Å². The summed E-state index contributed by atoms with van der Waals surface area (Å²) in [6.45, 7) is 13.8. The van der Waals surface area contributed by atoms with Gasteiger partial charge < -0.3 is 18.7 Å². The van der Waals surface area contributed by atoms with Crippen molar-refractivity contribution < 1.29 is 35.3 Å². The molecule has 284 valence electrons. The van der Waals surface area contributed by atoms with E-state index in [4.69, 9.17) is 4.74 Å². The van der Waals surface area contributed by atoms with Gasteiger partial charge in [0, 0.05) is 64.9 Å². The smallest absolute Gasteiger partial charge is 0.209 e. The van der Waals surface area contributed by atoms with Gasteiger partial charge in [-0.25, -0.2) is 16.8 Å². The van der Waals surface area contributed by atoms with E-state index >= 15 is 0 Å². The number of benzene rings is 3. The average molecular weight is 768 g/mol. The SMILES string of the molecule is CCCC1(C)C(/C=C/C=C/C=C2\C=C(c3ccccc3)Oc3cc4c(cc32)C(C)=CC(C)(C)N4CC)=[N+](CCCS(=O)(=O)[O-])c2ccc(S(=O)(=O)[O-])cc21. The highest BCUT2D eigenvalue weighted by Crippen LogP contribution is 2.47. The molecule has 3 aliphatic rings.